The zero-order valence-electron chi connectivity index (χ0n) is 21.2. The number of terminal acetylenes is 2. The van der Waals surface area contributed by atoms with E-state index in [2.05, 4.69) is 32.5 Å². The third kappa shape index (κ3) is 7.75. The third-order valence-electron chi connectivity index (χ3n) is 5.51. The molecule has 38 heavy (non-hydrogen) atoms. The summed E-state index contributed by atoms with van der Waals surface area (Å²) in [5.41, 5.74) is 0.582. The lowest BCUT2D eigenvalue weighted by Gasteiger charge is -2.30. The van der Waals surface area contributed by atoms with Crippen LogP contribution in [0.5, 0.6) is 0 Å². The highest BCUT2D eigenvalue weighted by Gasteiger charge is 2.32. The normalized spacial score (nSPS) is 16.9. The van der Waals surface area contributed by atoms with Crippen LogP contribution in [0.1, 0.15) is 37.4 Å². The van der Waals surface area contributed by atoms with E-state index in [4.69, 9.17) is 12.8 Å². The van der Waals surface area contributed by atoms with E-state index < -0.39 is 40.3 Å². The average Bonchev–Trinajstić information content (AvgIpc) is 2.90. The lowest BCUT2D eigenvalue weighted by atomic mass is 10.0. The summed E-state index contributed by atoms with van der Waals surface area (Å²) in [6.07, 6.45) is 14.4. The second kappa shape index (κ2) is 14.1. The van der Waals surface area contributed by atoms with E-state index in [1.165, 1.54) is 19.3 Å². The number of carbonyl (C=O) groups is 2. The van der Waals surface area contributed by atoms with Gasteiger partial charge < -0.3 is 15.7 Å². The van der Waals surface area contributed by atoms with Crippen LogP contribution in [-0.2, 0) is 26.2 Å². The molecule has 3 N–H and O–H groups in total. The number of halogens is 1. The molecule has 1 aromatic heterocycles. The SMILES string of the molecule is C#CC/C(CNC(=O)C(C#C)N=C(c1cccnc1CO)N1CCCCS1(=O)=O)=C(\C=C(/C)F)C(=O)NC. The van der Waals surface area contributed by atoms with E-state index in [-0.39, 0.29) is 53.5 Å². The predicted molar refractivity (Wildman–Crippen MR) is 141 cm³/mol. The number of aromatic nitrogens is 1. The summed E-state index contributed by atoms with van der Waals surface area (Å²) in [7, 11) is -2.40. The Morgan fingerprint density at radius 1 is 1.37 bits per heavy atom. The summed E-state index contributed by atoms with van der Waals surface area (Å²) < 4.78 is 40.5. The number of pyridine rings is 1. The maximum absolute atomic E-state index is 13.6. The van der Waals surface area contributed by atoms with Crippen molar-refractivity contribution >= 4 is 27.7 Å². The van der Waals surface area contributed by atoms with Gasteiger partial charge in [-0.05, 0) is 43.5 Å². The van der Waals surface area contributed by atoms with Gasteiger partial charge >= 0.3 is 0 Å². The molecular weight excluding hydrogens is 513 g/mol. The zero-order valence-corrected chi connectivity index (χ0v) is 22.0. The van der Waals surface area contributed by atoms with Crippen LogP contribution in [0.3, 0.4) is 0 Å². The number of nitrogens with zero attached hydrogens (tertiary/aromatic N) is 3. The molecule has 1 fully saturated rings. The van der Waals surface area contributed by atoms with Gasteiger partial charge in [-0.25, -0.2) is 17.8 Å². The van der Waals surface area contributed by atoms with Gasteiger partial charge in [-0.2, -0.15) is 0 Å². The van der Waals surface area contributed by atoms with E-state index in [0.29, 0.717) is 12.8 Å². The van der Waals surface area contributed by atoms with Crippen molar-refractivity contribution in [2.75, 3.05) is 25.9 Å². The Hall–Kier alpha value is -4.00. The van der Waals surface area contributed by atoms with Crippen molar-refractivity contribution in [2.45, 2.75) is 38.8 Å². The largest absolute Gasteiger partial charge is 0.390 e. The average molecular weight is 544 g/mol. The third-order valence-corrected chi connectivity index (χ3v) is 7.34. The second-order valence-corrected chi connectivity index (χ2v) is 10.2. The molecule has 202 valence electrons. The van der Waals surface area contributed by atoms with Crippen molar-refractivity contribution < 1.29 is 27.5 Å². The number of likely N-dealkylation sites (N-methyl/N-ethyl adjacent to an activating group) is 1. The van der Waals surface area contributed by atoms with E-state index in [0.717, 1.165) is 17.3 Å². The molecular formula is C26H30FN5O5S. The molecule has 2 amide bonds. The first-order valence-corrected chi connectivity index (χ1v) is 13.3. The molecule has 2 heterocycles. The number of hydrogen-bond donors (Lipinski definition) is 3. The number of aliphatic hydroxyl groups excluding tert-OH is 1. The minimum atomic E-state index is -3.77. The Morgan fingerprint density at radius 2 is 2.11 bits per heavy atom. The number of carbonyl (C=O) groups excluding carboxylic acids is 2. The van der Waals surface area contributed by atoms with Gasteiger partial charge in [-0.1, -0.05) is 5.92 Å². The molecule has 1 aromatic rings. The van der Waals surface area contributed by atoms with Crippen molar-refractivity contribution in [1.82, 2.24) is 19.9 Å². The van der Waals surface area contributed by atoms with Crippen LogP contribution in [0.25, 0.3) is 0 Å². The summed E-state index contributed by atoms with van der Waals surface area (Å²) in [4.78, 5) is 33.8. The molecule has 2 rings (SSSR count). The number of aliphatic hydroxyl groups is 1. The van der Waals surface area contributed by atoms with Gasteiger partial charge in [-0.3, -0.25) is 18.9 Å². The highest BCUT2D eigenvalue weighted by molar-refractivity contribution is 7.89. The number of aliphatic imine (C=N–C) groups is 1. The summed E-state index contributed by atoms with van der Waals surface area (Å²) >= 11 is 0. The number of hydrogen-bond acceptors (Lipinski definition) is 7. The molecule has 0 spiro atoms. The van der Waals surface area contributed by atoms with Crippen LogP contribution in [0, 0.1) is 24.7 Å². The molecule has 1 unspecified atom stereocenters. The van der Waals surface area contributed by atoms with Crippen LogP contribution in [-0.4, -0.2) is 72.4 Å². The molecule has 1 aliphatic rings. The summed E-state index contributed by atoms with van der Waals surface area (Å²) in [5.74, 6) is 2.38. The second-order valence-electron chi connectivity index (χ2n) is 8.20. The van der Waals surface area contributed by atoms with Crippen LogP contribution >= 0.6 is 0 Å². The minimum absolute atomic E-state index is 0.0467. The Bertz CT molecular complexity index is 1330. The van der Waals surface area contributed by atoms with Gasteiger partial charge in [0.1, 0.15) is 5.84 Å². The number of amides is 2. The van der Waals surface area contributed by atoms with Gasteiger partial charge in [0.15, 0.2) is 6.04 Å². The standard InChI is InChI=1S/C26H30FN5O5S/c1-5-10-19(21(15-18(3)27)25(34)28-4)16-30-26(35)22(6-2)31-24(20-11-9-12-29-23(20)17-33)32-13-7-8-14-38(32,36)37/h1-2,9,11-12,15,22,33H,7-8,10,13-14,16-17H2,3-4H3,(H,28,34)(H,30,35)/b18-15+,21-19-,31-24?. The Kier molecular flexibility index (Phi) is 11.2. The van der Waals surface area contributed by atoms with E-state index in [1.807, 2.05) is 0 Å². The fourth-order valence-corrected chi connectivity index (χ4v) is 5.29. The first-order chi connectivity index (χ1) is 18.1. The van der Waals surface area contributed by atoms with E-state index >= 15 is 0 Å². The summed E-state index contributed by atoms with van der Waals surface area (Å²) in [6.45, 7) is 0.530. The highest BCUT2D eigenvalue weighted by atomic mass is 32.2. The summed E-state index contributed by atoms with van der Waals surface area (Å²) in [5, 5.41) is 14.7. The maximum Gasteiger partial charge on any atom is 0.257 e. The lowest BCUT2D eigenvalue weighted by Crippen LogP contribution is -2.44. The van der Waals surface area contributed by atoms with Crippen molar-refractivity contribution in [3.05, 3.63) is 52.6 Å². The number of amidine groups is 1. The van der Waals surface area contributed by atoms with Crippen molar-refractivity contribution in [3.8, 4) is 24.7 Å². The fraction of sp³-hybridized carbons (Fsp3) is 0.385. The molecule has 0 aliphatic carbocycles. The molecule has 1 aliphatic heterocycles. The number of sulfonamides is 1. The van der Waals surface area contributed by atoms with Gasteiger partial charge in [0.2, 0.25) is 10.0 Å². The highest BCUT2D eigenvalue weighted by Crippen LogP contribution is 2.21. The van der Waals surface area contributed by atoms with Crippen LogP contribution < -0.4 is 10.6 Å². The first kappa shape index (κ1) is 30.2. The molecule has 0 saturated carbocycles. The van der Waals surface area contributed by atoms with Crippen LogP contribution in [0.2, 0.25) is 0 Å². The van der Waals surface area contributed by atoms with Crippen LogP contribution in [0.15, 0.2) is 46.4 Å². The maximum atomic E-state index is 13.6. The first-order valence-electron chi connectivity index (χ1n) is 11.7. The number of allylic oxidation sites excluding steroid dienone is 1. The van der Waals surface area contributed by atoms with Gasteiger partial charge in [0.05, 0.1) is 23.9 Å². The Morgan fingerprint density at radius 3 is 2.68 bits per heavy atom. The zero-order chi connectivity index (χ0) is 28.3. The number of rotatable bonds is 9. The molecule has 0 aromatic carbocycles. The molecule has 1 saturated heterocycles. The quantitative estimate of drug-likeness (QED) is 0.138. The smallest absolute Gasteiger partial charge is 0.257 e. The monoisotopic (exact) mass is 543 g/mol. The van der Waals surface area contributed by atoms with Crippen molar-refractivity contribution in [3.63, 3.8) is 0 Å². The molecule has 0 bridgehead atoms. The topological polar surface area (TPSA) is 141 Å². The molecule has 0 radical (unpaired) electrons. The summed E-state index contributed by atoms with van der Waals surface area (Å²) in [6, 6.07) is 1.59. The van der Waals surface area contributed by atoms with Gasteiger partial charge in [0.25, 0.3) is 11.8 Å². The Labute approximate surface area is 222 Å². The molecule has 12 heteroatoms. The molecule has 1 atom stereocenters. The Balaban J connectivity index is 2.51. The van der Waals surface area contributed by atoms with Crippen LogP contribution in [0.4, 0.5) is 4.39 Å². The number of nitrogens with one attached hydrogen (secondary N) is 2. The fourth-order valence-electron chi connectivity index (χ4n) is 3.68. The van der Waals surface area contributed by atoms with E-state index in [9.17, 15) is 27.5 Å². The lowest BCUT2D eigenvalue weighted by molar-refractivity contribution is -0.121. The van der Waals surface area contributed by atoms with Crippen molar-refractivity contribution in [1.29, 1.82) is 0 Å². The van der Waals surface area contributed by atoms with E-state index in [1.54, 1.807) is 6.07 Å². The molecule has 10 nitrogen and oxygen atoms in total. The van der Waals surface area contributed by atoms with Crippen molar-refractivity contribution in [2.24, 2.45) is 4.99 Å². The van der Waals surface area contributed by atoms with Gasteiger partial charge in [0, 0.05) is 43.9 Å². The predicted octanol–water partition coefficient (Wildman–Crippen LogP) is 0.803. The minimum Gasteiger partial charge on any atom is -0.390 e. The van der Waals surface area contributed by atoms with Gasteiger partial charge in [-0.15, -0.1) is 18.8 Å².